The van der Waals surface area contributed by atoms with E-state index in [-0.39, 0.29) is 17.5 Å². The first-order valence-corrected chi connectivity index (χ1v) is 11.7. The van der Waals surface area contributed by atoms with Crippen LogP contribution in [0.4, 0.5) is 4.39 Å². The maximum atomic E-state index is 14.0. The summed E-state index contributed by atoms with van der Waals surface area (Å²) in [4.78, 5) is 31.0. The largest absolute Gasteiger partial charge is 0.346 e. The molecular formula is C27H24FN3O2S. The lowest BCUT2D eigenvalue weighted by Crippen LogP contribution is -2.26. The number of thiazole rings is 1. The average Bonchev–Trinajstić information content (AvgIpc) is 3.18. The molecule has 5 nitrogen and oxygen atoms in total. The quantitative estimate of drug-likeness (QED) is 0.414. The topological polar surface area (TPSA) is 63.5 Å². The smallest absolute Gasteiger partial charge is 0.282 e. The van der Waals surface area contributed by atoms with Crippen molar-refractivity contribution in [3.63, 3.8) is 0 Å². The Bertz CT molecular complexity index is 1390. The lowest BCUT2D eigenvalue weighted by molar-refractivity contribution is 0.0938. The summed E-state index contributed by atoms with van der Waals surface area (Å²) in [6, 6.07) is 22.8. The average molecular weight is 474 g/mol. The monoisotopic (exact) mass is 473 g/mol. The van der Waals surface area contributed by atoms with E-state index < -0.39 is 11.7 Å². The van der Waals surface area contributed by atoms with E-state index in [1.807, 2.05) is 73.1 Å². The van der Waals surface area contributed by atoms with Crippen LogP contribution in [-0.2, 0) is 6.54 Å². The van der Waals surface area contributed by atoms with Gasteiger partial charge in [-0.3, -0.25) is 9.59 Å². The molecule has 172 valence electrons. The molecule has 0 radical (unpaired) electrons. The Kier molecular flexibility index (Phi) is 7.13. The first kappa shape index (κ1) is 23.3. The van der Waals surface area contributed by atoms with Crippen molar-refractivity contribution in [3.05, 3.63) is 123 Å². The van der Waals surface area contributed by atoms with Gasteiger partial charge in [-0.15, -0.1) is 11.3 Å². The van der Waals surface area contributed by atoms with Crippen LogP contribution < -0.4 is 10.1 Å². The third-order valence-corrected chi connectivity index (χ3v) is 6.26. The van der Waals surface area contributed by atoms with Gasteiger partial charge < -0.3 is 9.88 Å². The Balaban J connectivity index is 1.54. The van der Waals surface area contributed by atoms with Gasteiger partial charge in [0.2, 0.25) is 0 Å². The van der Waals surface area contributed by atoms with Crippen LogP contribution >= 0.6 is 11.3 Å². The number of carbonyl (C=O) groups is 2. The minimum Gasteiger partial charge on any atom is -0.346 e. The van der Waals surface area contributed by atoms with Crippen LogP contribution in [0.25, 0.3) is 0 Å². The fourth-order valence-electron chi connectivity index (χ4n) is 3.60. The van der Waals surface area contributed by atoms with Crippen LogP contribution in [-0.4, -0.2) is 16.4 Å². The third-order valence-electron chi connectivity index (χ3n) is 5.33. The van der Waals surface area contributed by atoms with Gasteiger partial charge >= 0.3 is 0 Å². The van der Waals surface area contributed by atoms with Crippen molar-refractivity contribution in [2.45, 2.75) is 26.4 Å². The molecule has 0 aliphatic carbocycles. The van der Waals surface area contributed by atoms with E-state index in [2.05, 4.69) is 10.3 Å². The molecular weight excluding hydrogens is 449 g/mol. The number of nitrogens with one attached hydrogen (secondary N) is 1. The van der Waals surface area contributed by atoms with E-state index in [0.29, 0.717) is 16.9 Å². The molecule has 0 saturated carbocycles. The number of carbonyl (C=O) groups excluding carboxylic acids is 2. The number of amides is 2. The summed E-state index contributed by atoms with van der Waals surface area (Å²) in [5.74, 6) is -1.39. The highest BCUT2D eigenvalue weighted by molar-refractivity contribution is 7.09. The lowest BCUT2D eigenvalue weighted by Gasteiger charge is -2.15. The summed E-state index contributed by atoms with van der Waals surface area (Å²) in [7, 11) is 0. The molecule has 1 atom stereocenters. The van der Waals surface area contributed by atoms with Crippen molar-refractivity contribution in [3.8, 4) is 0 Å². The fourth-order valence-corrected chi connectivity index (χ4v) is 4.43. The minimum absolute atomic E-state index is 0.0636. The Morgan fingerprint density at radius 3 is 2.53 bits per heavy atom. The van der Waals surface area contributed by atoms with Crippen LogP contribution in [0, 0.1) is 12.7 Å². The lowest BCUT2D eigenvalue weighted by atomic mass is 10.1. The highest BCUT2D eigenvalue weighted by Gasteiger charge is 2.13. The molecule has 1 aromatic heterocycles. The van der Waals surface area contributed by atoms with Crippen molar-refractivity contribution in [1.29, 1.82) is 0 Å². The van der Waals surface area contributed by atoms with Gasteiger partial charge in [0.1, 0.15) is 5.82 Å². The number of hydrogen-bond donors (Lipinski definition) is 1. The van der Waals surface area contributed by atoms with Gasteiger partial charge in [0, 0.05) is 23.2 Å². The normalized spacial score (nSPS) is 12.4. The summed E-state index contributed by atoms with van der Waals surface area (Å²) >= 11 is 1.35. The molecule has 0 bridgehead atoms. The van der Waals surface area contributed by atoms with Crippen molar-refractivity contribution in [1.82, 2.24) is 9.88 Å². The predicted molar refractivity (Wildman–Crippen MR) is 131 cm³/mol. The second kappa shape index (κ2) is 10.4. The van der Waals surface area contributed by atoms with Gasteiger partial charge in [-0.1, -0.05) is 54.6 Å². The van der Waals surface area contributed by atoms with Gasteiger partial charge in [0.15, 0.2) is 4.80 Å². The summed E-state index contributed by atoms with van der Waals surface area (Å²) in [5, 5.41) is 3.03. The molecule has 7 heteroatoms. The number of halogens is 1. The minimum atomic E-state index is -0.628. The Morgan fingerprint density at radius 2 is 1.76 bits per heavy atom. The maximum Gasteiger partial charge on any atom is 0.282 e. The molecule has 1 N–H and O–H groups in total. The first-order chi connectivity index (χ1) is 16.4. The number of hydrogen-bond acceptors (Lipinski definition) is 3. The van der Waals surface area contributed by atoms with Gasteiger partial charge in [-0.05, 0) is 49.2 Å². The highest BCUT2D eigenvalue weighted by Crippen LogP contribution is 2.14. The predicted octanol–water partition coefficient (Wildman–Crippen LogP) is 5.28. The third kappa shape index (κ3) is 5.55. The van der Waals surface area contributed by atoms with Crippen molar-refractivity contribution in [2.24, 2.45) is 4.99 Å². The van der Waals surface area contributed by atoms with Crippen LogP contribution in [0.2, 0.25) is 0 Å². The maximum absolute atomic E-state index is 14.0. The zero-order valence-corrected chi connectivity index (χ0v) is 19.7. The number of aromatic nitrogens is 1. The van der Waals surface area contributed by atoms with E-state index in [9.17, 15) is 14.0 Å². The second-order valence-corrected chi connectivity index (χ2v) is 9.17. The standard InChI is InChI=1S/C27H24FN3O2S/c1-18-16-31(27(34-18)30-26(33)23-13-6-7-14-24(23)28)17-20-9-8-12-22(15-20)25(32)29-19(2)21-10-4-3-5-11-21/h3-16,19H,17H2,1-2H3,(H,29,32)/t19-/m1/s1. The highest BCUT2D eigenvalue weighted by atomic mass is 32.1. The van der Waals surface area contributed by atoms with Crippen molar-refractivity contribution in [2.75, 3.05) is 0 Å². The molecule has 4 rings (SSSR count). The Labute approximate surface area is 201 Å². The molecule has 1 heterocycles. The van der Waals surface area contributed by atoms with E-state index in [1.165, 1.54) is 29.5 Å². The zero-order chi connectivity index (χ0) is 24.1. The number of nitrogens with zero attached hydrogens (tertiary/aromatic N) is 2. The molecule has 0 aliphatic heterocycles. The zero-order valence-electron chi connectivity index (χ0n) is 18.9. The fraction of sp³-hybridized carbons (Fsp3) is 0.148. The number of rotatable bonds is 6. The summed E-state index contributed by atoms with van der Waals surface area (Å²) < 4.78 is 15.8. The van der Waals surface area contributed by atoms with Gasteiger partial charge in [0.05, 0.1) is 11.6 Å². The van der Waals surface area contributed by atoms with Crippen LogP contribution in [0.5, 0.6) is 0 Å². The molecule has 4 aromatic rings. The first-order valence-electron chi connectivity index (χ1n) is 10.9. The molecule has 0 unspecified atom stereocenters. The molecule has 0 aliphatic rings. The molecule has 0 spiro atoms. The SMILES string of the molecule is Cc1cn(Cc2cccc(C(=O)N[C@H](C)c3ccccc3)c2)c(=NC(=O)c2ccccc2F)s1. The van der Waals surface area contributed by atoms with Crippen LogP contribution in [0.3, 0.4) is 0 Å². The van der Waals surface area contributed by atoms with Crippen molar-refractivity contribution < 1.29 is 14.0 Å². The van der Waals surface area contributed by atoms with Gasteiger partial charge in [0.25, 0.3) is 11.8 Å². The number of benzene rings is 3. The molecule has 3 aromatic carbocycles. The van der Waals surface area contributed by atoms with Crippen molar-refractivity contribution >= 4 is 23.2 Å². The van der Waals surface area contributed by atoms with Gasteiger partial charge in [-0.25, -0.2) is 4.39 Å². The molecule has 2 amide bonds. The summed E-state index contributed by atoms with van der Waals surface area (Å²) in [5.41, 5.74) is 2.40. The second-order valence-electron chi connectivity index (χ2n) is 7.96. The Hall–Kier alpha value is -3.84. The van der Waals surface area contributed by atoms with Crippen LogP contribution in [0.1, 0.15) is 49.7 Å². The molecule has 0 fully saturated rings. The van der Waals surface area contributed by atoms with E-state index in [1.54, 1.807) is 12.1 Å². The number of aryl methyl sites for hydroxylation is 1. The van der Waals surface area contributed by atoms with E-state index in [0.717, 1.165) is 16.0 Å². The van der Waals surface area contributed by atoms with E-state index >= 15 is 0 Å². The molecule has 0 saturated heterocycles. The Morgan fingerprint density at radius 1 is 1.03 bits per heavy atom. The summed E-state index contributed by atoms with van der Waals surface area (Å²) in [6.07, 6.45) is 1.89. The molecule has 34 heavy (non-hydrogen) atoms. The van der Waals surface area contributed by atoms with Gasteiger partial charge in [-0.2, -0.15) is 4.99 Å². The summed E-state index contributed by atoms with van der Waals surface area (Å²) in [6.45, 7) is 4.28. The van der Waals surface area contributed by atoms with Crippen LogP contribution in [0.15, 0.2) is 90.1 Å². The van der Waals surface area contributed by atoms with E-state index in [4.69, 9.17) is 0 Å².